The van der Waals surface area contributed by atoms with E-state index in [1.54, 1.807) is 6.20 Å². The molecule has 1 aliphatic heterocycles. The number of fused-ring (bicyclic) bond motifs is 3. The summed E-state index contributed by atoms with van der Waals surface area (Å²) in [4.78, 5) is 9.65. The van der Waals surface area contributed by atoms with E-state index >= 15 is 0 Å². The van der Waals surface area contributed by atoms with E-state index < -0.39 is 0 Å². The molecular formula is C22H26N4O. The van der Waals surface area contributed by atoms with Gasteiger partial charge in [-0.15, -0.1) is 0 Å². The number of allylic oxidation sites excluding steroid dienone is 1. The molecular weight excluding hydrogens is 336 g/mol. The molecule has 2 aromatic rings. The first-order chi connectivity index (χ1) is 13.2. The molecule has 140 valence electrons. The molecule has 1 atom stereocenters. The summed E-state index contributed by atoms with van der Waals surface area (Å²) < 4.78 is 5.41. The van der Waals surface area contributed by atoms with Crippen LogP contribution in [0.2, 0.25) is 0 Å². The predicted octanol–water partition coefficient (Wildman–Crippen LogP) is 3.58. The van der Waals surface area contributed by atoms with Gasteiger partial charge in [0, 0.05) is 41.8 Å². The lowest BCUT2D eigenvalue weighted by Gasteiger charge is -2.23. The fraction of sp³-hybridized carbons (Fsp3) is 0.409. The van der Waals surface area contributed by atoms with Crippen LogP contribution in [0.4, 0.5) is 0 Å². The average Bonchev–Trinajstić information content (AvgIpc) is 3.22. The molecule has 5 nitrogen and oxygen atoms in total. The van der Waals surface area contributed by atoms with Crippen molar-refractivity contribution in [2.75, 3.05) is 13.2 Å². The summed E-state index contributed by atoms with van der Waals surface area (Å²) in [6.45, 7) is 3.52. The van der Waals surface area contributed by atoms with E-state index in [0.29, 0.717) is 6.61 Å². The van der Waals surface area contributed by atoms with Gasteiger partial charge in [-0.25, -0.2) is 4.98 Å². The highest BCUT2D eigenvalue weighted by Gasteiger charge is 2.22. The number of hydrogen-bond acceptors (Lipinski definition) is 5. The number of aromatic nitrogens is 1. The maximum atomic E-state index is 7.90. The molecule has 1 aromatic heterocycles. The van der Waals surface area contributed by atoms with Gasteiger partial charge in [0.25, 0.3) is 0 Å². The Kier molecular flexibility index (Phi) is 5.03. The van der Waals surface area contributed by atoms with Gasteiger partial charge in [0.2, 0.25) is 0 Å². The fourth-order valence-corrected chi connectivity index (χ4v) is 4.19. The topological polar surface area (TPSA) is 84.3 Å². The van der Waals surface area contributed by atoms with Gasteiger partial charge in [-0.2, -0.15) is 0 Å². The third-order valence-electron chi connectivity index (χ3n) is 5.66. The van der Waals surface area contributed by atoms with Gasteiger partial charge in [-0.05, 0) is 61.8 Å². The maximum absolute atomic E-state index is 7.90. The zero-order valence-corrected chi connectivity index (χ0v) is 15.8. The predicted molar refractivity (Wildman–Crippen MR) is 111 cm³/mol. The van der Waals surface area contributed by atoms with E-state index in [2.05, 4.69) is 18.0 Å². The molecule has 0 bridgehead atoms. The largest absolute Gasteiger partial charge is 0.404 e. The smallest absolute Gasteiger partial charge is 0.0774 e. The van der Waals surface area contributed by atoms with Crippen LogP contribution in [0.5, 0.6) is 0 Å². The number of ether oxygens (including phenoxy) is 1. The zero-order chi connectivity index (χ0) is 18.8. The normalized spacial score (nSPS) is 20.3. The summed E-state index contributed by atoms with van der Waals surface area (Å²) in [6, 6.07) is 4.32. The molecule has 2 heterocycles. The monoisotopic (exact) mass is 362 g/mol. The molecule has 1 saturated heterocycles. The summed E-state index contributed by atoms with van der Waals surface area (Å²) in [7, 11) is 0. The van der Waals surface area contributed by atoms with E-state index in [1.165, 1.54) is 23.8 Å². The van der Waals surface area contributed by atoms with Crippen LogP contribution >= 0.6 is 0 Å². The molecule has 5 heteroatoms. The van der Waals surface area contributed by atoms with E-state index in [-0.39, 0.29) is 6.04 Å². The van der Waals surface area contributed by atoms with Crippen molar-refractivity contribution >= 4 is 28.9 Å². The maximum Gasteiger partial charge on any atom is 0.0774 e. The van der Waals surface area contributed by atoms with Crippen LogP contribution in [-0.2, 0) is 17.6 Å². The number of nitrogens with zero attached hydrogens (tertiary/aromatic N) is 2. The molecule has 0 spiro atoms. The van der Waals surface area contributed by atoms with Gasteiger partial charge in [0.05, 0.1) is 23.9 Å². The van der Waals surface area contributed by atoms with Gasteiger partial charge < -0.3 is 15.9 Å². The Balaban J connectivity index is 1.88. The highest BCUT2D eigenvalue weighted by molar-refractivity contribution is 6.11. The van der Waals surface area contributed by atoms with Crippen LogP contribution in [0.1, 0.15) is 47.2 Å². The van der Waals surface area contributed by atoms with E-state index in [4.69, 9.17) is 20.9 Å². The second-order valence-corrected chi connectivity index (χ2v) is 7.38. The van der Waals surface area contributed by atoms with Crippen molar-refractivity contribution in [3.05, 3.63) is 46.3 Å². The number of aliphatic imine (C=N–C) groups is 1. The molecule has 1 aliphatic carbocycles. The van der Waals surface area contributed by atoms with Crippen molar-refractivity contribution < 1.29 is 4.74 Å². The number of nitrogens with one attached hydrogen (secondary N) is 1. The highest BCUT2D eigenvalue weighted by Crippen LogP contribution is 2.35. The third kappa shape index (κ3) is 3.28. The number of aryl methyl sites for hydroxylation is 2. The quantitative estimate of drug-likeness (QED) is 0.815. The first-order valence-corrected chi connectivity index (χ1v) is 9.71. The van der Waals surface area contributed by atoms with Crippen molar-refractivity contribution in [3.63, 3.8) is 0 Å². The number of nitrogens with two attached hydrogens (primary N) is 1. The number of rotatable bonds is 4. The minimum absolute atomic E-state index is 0.211. The second-order valence-electron chi connectivity index (χ2n) is 7.38. The van der Waals surface area contributed by atoms with Crippen molar-refractivity contribution in [1.82, 2.24) is 4.98 Å². The Hall–Kier alpha value is -2.53. The zero-order valence-electron chi connectivity index (χ0n) is 15.8. The van der Waals surface area contributed by atoms with Crippen molar-refractivity contribution in [2.45, 2.75) is 45.1 Å². The van der Waals surface area contributed by atoms with Gasteiger partial charge in [-0.1, -0.05) is 6.07 Å². The summed E-state index contributed by atoms with van der Waals surface area (Å²) >= 11 is 0. The summed E-state index contributed by atoms with van der Waals surface area (Å²) in [5.74, 6) is 0. The molecule has 3 N–H and O–H groups in total. The van der Waals surface area contributed by atoms with Crippen LogP contribution in [0.25, 0.3) is 16.5 Å². The van der Waals surface area contributed by atoms with Crippen LogP contribution in [0.15, 0.2) is 23.3 Å². The lowest BCUT2D eigenvalue weighted by Crippen LogP contribution is -2.12. The Morgan fingerprint density at radius 2 is 2.11 bits per heavy atom. The van der Waals surface area contributed by atoms with Gasteiger partial charge >= 0.3 is 0 Å². The summed E-state index contributed by atoms with van der Waals surface area (Å²) in [6.07, 6.45) is 10.3. The number of benzene rings is 1. The molecule has 1 aromatic carbocycles. The molecule has 0 saturated carbocycles. The minimum atomic E-state index is 0.211. The molecule has 2 aliphatic rings. The lowest BCUT2D eigenvalue weighted by molar-refractivity contribution is 0.194. The van der Waals surface area contributed by atoms with Gasteiger partial charge in [0.1, 0.15) is 0 Å². The molecule has 1 fully saturated rings. The third-order valence-corrected chi connectivity index (χ3v) is 5.66. The number of pyridine rings is 1. The van der Waals surface area contributed by atoms with Crippen LogP contribution in [0, 0.1) is 12.3 Å². The van der Waals surface area contributed by atoms with Crippen LogP contribution < -0.4 is 5.73 Å². The van der Waals surface area contributed by atoms with Crippen molar-refractivity contribution in [2.24, 2.45) is 10.7 Å². The highest BCUT2D eigenvalue weighted by atomic mass is 16.5. The second kappa shape index (κ2) is 7.61. The number of hydrogen-bond donors (Lipinski definition) is 2. The van der Waals surface area contributed by atoms with E-state index in [1.807, 2.05) is 12.3 Å². The molecule has 0 unspecified atom stereocenters. The average molecular weight is 362 g/mol. The fourth-order valence-electron chi connectivity index (χ4n) is 4.19. The van der Waals surface area contributed by atoms with Gasteiger partial charge in [-0.3, -0.25) is 4.99 Å². The van der Waals surface area contributed by atoms with Crippen LogP contribution in [0.3, 0.4) is 0 Å². The molecule has 0 radical (unpaired) electrons. The Morgan fingerprint density at radius 3 is 2.81 bits per heavy atom. The minimum Gasteiger partial charge on any atom is -0.404 e. The summed E-state index contributed by atoms with van der Waals surface area (Å²) in [5, 5.41) is 9.04. The summed E-state index contributed by atoms with van der Waals surface area (Å²) in [5.41, 5.74) is 13.5. The first-order valence-electron chi connectivity index (χ1n) is 9.71. The first kappa shape index (κ1) is 17.9. The van der Waals surface area contributed by atoms with Gasteiger partial charge in [0.15, 0.2) is 0 Å². The Morgan fingerprint density at radius 1 is 1.30 bits per heavy atom. The Labute approximate surface area is 159 Å². The lowest BCUT2D eigenvalue weighted by atomic mass is 9.84. The molecule has 0 amide bonds. The molecule has 4 rings (SSSR count). The van der Waals surface area contributed by atoms with Crippen molar-refractivity contribution in [3.8, 4) is 0 Å². The Bertz CT molecular complexity index is 939. The van der Waals surface area contributed by atoms with Crippen LogP contribution in [-0.4, -0.2) is 36.7 Å². The van der Waals surface area contributed by atoms with E-state index in [9.17, 15) is 0 Å². The van der Waals surface area contributed by atoms with Crippen molar-refractivity contribution in [1.29, 1.82) is 5.41 Å². The van der Waals surface area contributed by atoms with E-state index in [0.717, 1.165) is 65.6 Å². The standard InChI is InChI=1S/C22H26N4O/c1-14-6-7-20-21(19(14)11-24)17-4-2-3-5-18(17)22(26-20)15(10-23)12-25-16-8-9-27-13-16/h6-7,10-12,16,24H,2-5,8-9,13,23H2,1H3/b15-10+,24-11?,25-12?/t16-/m0/s1. The molecule has 27 heavy (non-hydrogen) atoms. The SMILES string of the molecule is Cc1ccc2nc(/C(C=N[C@H]3CCOC3)=C/N)c3c(c2c1C=N)CCCC3.